The summed E-state index contributed by atoms with van der Waals surface area (Å²) in [6, 6.07) is 13.9. The third kappa shape index (κ3) is 4.43. The zero-order chi connectivity index (χ0) is 20.1. The van der Waals surface area contributed by atoms with Gasteiger partial charge >= 0.3 is 6.61 Å². The first kappa shape index (κ1) is 19.3. The number of aromatic nitrogens is 1. The van der Waals surface area contributed by atoms with Gasteiger partial charge in [0.1, 0.15) is 0 Å². The molecule has 0 radical (unpaired) electrons. The average molecular weight is 384 g/mol. The Morgan fingerprint density at radius 2 is 1.93 bits per heavy atom. The van der Waals surface area contributed by atoms with Crippen molar-refractivity contribution >= 4 is 28.6 Å². The molecule has 0 bridgehead atoms. The minimum Gasteiger partial charge on any atom is -0.493 e. The third-order valence-corrected chi connectivity index (χ3v) is 3.97. The van der Waals surface area contributed by atoms with E-state index in [0.717, 1.165) is 11.1 Å². The van der Waals surface area contributed by atoms with E-state index in [9.17, 15) is 13.6 Å². The Bertz CT molecular complexity index is 1040. The van der Waals surface area contributed by atoms with E-state index in [2.05, 4.69) is 15.0 Å². The Kier molecular flexibility index (Phi) is 5.84. The number of anilines is 1. The van der Waals surface area contributed by atoms with Crippen LogP contribution in [0.15, 0.2) is 54.6 Å². The number of halogens is 2. The van der Waals surface area contributed by atoms with Crippen molar-refractivity contribution in [2.24, 2.45) is 0 Å². The fraction of sp³-hybridized carbons (Fsp3) is 0.143. The topological polar surface area (TPSA) is 60.5 Å². The highest BCUT2D eigenvalue weighted by molar-refractivity contribution is 6.06. The summed E-state index contributed by atoms with van der Waals surface area (Å²) in [6.07, 6.45) is 2.63. The third-order valence-electron chi connectivity index (χ3n) is 3.97. The van der Waals surface area contributed by atoms with Gasteiger partial charge in [-0.3, -0.25) is 9.78 Å². The SMILES string of the molecule is COc1cccc(/C=C/C(=O)Nc2cccc3ccc(C)nc23)c1OC(F)F. The minimum atomic E-state index is -3.01. The van der Waals surface area contributed by atoms with Gasteiger partial charge in [0.05, 0.1) is 18.3 Å². The van der Waals surface area contributed by atoms with Crippen molar-refractivity contribution in [1.82, 2.24) is 4.98 Å². The molecule has 5 nitrogen and oxygen atoms in total. The van der Waals surface area contributed by atoms with E-state index in [1.54, 1.807) is 18.2 Å². The first-order valence-electron chi connectivity index (χ1n) is 8.45. The number of carbonyl (C=O) groups is 1. The van der Waals surface area contributed by atoms with Crippen molar-refractivity contribution in [3.63, 3.8) is 0 Å². The van der Waals surface area contributed by atoms with Gasteiger partial charge in [0.25, 0.3) is 0 Å². The first-order valence-corrected chi connectivity index (χ1v) is 8.45. The van der Waals surface area contributed by atoms with Gasteiger partial charge in [0, 0.05) is 22.7 Å². The standard InChI is InChI=1S/C21H18F2N2O3/c1-13-9-10-14-5-3-7-16(19(14)24-13)25-18(26)12-11-15-6-4-8-17(27-2)20(15)28-21(22)23/h3-12,21H,1-2H3,(H,25,26)/b12-11+. The summed E-state index contributed by atoms with van der Waals surface area (Å²) in [7, 11) is 1.35. The Hall–Kier alpha value is -3.48. The van der Waals surface area contributed by atoms with Crippen molar-refractivity contribution < 1.29 is 23.0 Å². The van der Waals surface area contributed by atoms with Gasteiger partial charge in [0.15, 0.2) is 11.5 Å². The summed E-state index contributed by atoms with van der Waals surface area (Å²) < 4.78 is 35.0. The maximum absolute atomic E-state index is 12.7. The molecule has 144 valence electrons. The number of hydrogen-bond acceptors (Lipinski definition) is 4. The number of aryl methyl sites for hydroxylation is 1. The van der Waals surface area contributed by atoms with Crippen LogP contribution in [0.5, 0.6) is 11.5 Å². The lowest BCUT2D eigenvalue weighted by molar-refractivity contribution is -0.111. The number of amides is 1. The van der Waals surface area contributed by atoms with Crippen molar-refractivity contribution in [3.05, 3.63) is 65.9 Å². The molecule has 3 aromatic rings. The number of methoxy groups -OCH3 is 1. The number of hydrogen-bond donors (Lipinski definition) is 1. The second-order valence-electron chi connectivity index (χ2n) is 5.91. The van der Waals surface area contributed by atoms with Gasteiger partial charge in [-0.15, -0.1) is 0 Å². The summed E-state index contributed by atoms with van der Waals surface area (Å²) >= 11 is 0. The molecule has 1 aromatic heterocycles. The zero-order valence-corrected chi connectivity index (χ0v) is 15.3. The molecule has 0 fully saturated rings. The Balaban J connectivity index is 1.84. The molecule has 2 aromatic carbocycles. The second-order valence-corrected chi connectivity index (χ2v) is 5.91. The van der Waals surface area contributed by atoms with Crippen LogP contribution in [0.2, 0.25) is 0 Å². The molecular formula is C21H18F2N2O3. The number of fused-ring (bicyclic) bond motifs is 1. The molecule has 0 aliphatic rings. The Labute approximate surface area is 160 Å². The van der Waals surface area contributed by atoms with Gasteiger partial charge in [-0.25, -0.2) is 0 Å². The van der Waals surface area contributed by atoms with Gasteiger partial charge < -0.3 is 14.8 Å². The van der Waals surface area contributed by atoms with Crippen LogP contribution >= 0.6 is 0 Å². The minimum absolute atomic E-state index is 0.133. The predicted octanol–water partition coefficient (Wildman–Crippen LogP) is 4.81. The number of ether oxygens (including phenoxy) is 2. The van der Waals surface area contributed by atoms with Gasteiger partial charge in [-0.2, -0.15) is 8.78 Å². The highest BCUT2D eigenvalue weighted by Gasteiger charge is 2.14. The number of nitrogens with zero attached hydrogens (tertiary/aromatic N) is 1. The van der Waals surface area contributed by atoms with E-state index in [1.165, 1.54) is 25.3 Å². The molecule has 0 aliphatic carbocycles. The smallest absolute Gasteiger partial charge is 0.387 e. The van der Waals surface area contributed by atoms with Crippen LogP contribution < -0.4 is 14.8 Å². The van der Waals surface area contributed by atoms with Crippen molar-refractivity contribution in [3.8, 4) is 11.5 Å². The Morgan fingerprint density at radius 3 is 2.68 bits per heavy atom. The first-order chi connectivity index (χ1) is 13.5. The number of nitrogens with one attached hydrogen (secondary N) is 1. The van der Waals surface area contributed by atoms with Crippen LogP contribution in [0, 0.1) is 6.92 Å². The van der Waals surface area contributed by atoms with Crippen molar-refractivity contribution in [2.45, 2.75) is 13.5 Å². The molecule has 3 rings (SSSR count). The highest BCUT2D eigenvalue weighted by Crippen LogP contribution is 2.33. The summed E-state index contributed by atoms with van der Waals surface area (Å²) in [5, 5.41) is 3.66. The molecule has 1 N–H and O–H groups in total. The molecule has 0 saturated heterocycles. The number of benzene rings is 2. The van der Waals surface area contributed by atoms with Crippen molar-refractivity contribution in [1.29, 1.82) is 0 Å². The van der Waals surface area contributed by atoms with Crippen LogP contribution in [-0.2, 0) is 4.79 Å². The van der Waals surface area contributed by atoms with Crippen LogP contribution in [0.1, 0.15) is 11.3 Å². The molecule has 0 spiro atoms. The van der Waals surface area contributed by atoms with Gasteiger partial charge in [0.2, 0.25) is 5.91 Å². The second kappa shape index (κ2) is 8.47. The monoisotopic (exact) mass is 384 g/mol. The number of carbonyl (C=O) groups excluding carboxylic acids is 1. The highest BCUT2D eigenvalue weighted by atomic mass is 19.3. The summed E-state index contributed by atoms with van der Waals surface area (Å²) in [6.45, 7) is -1.15. The number of para-hydroxylation sites is 2. The molecule has 0 saturated carbocycles. The van der Waals surface area contributed by atoms with Gasteiger partial charge in [-0.1, -0.05) is 30.3 Å². The lowest BCUT2D eigenvalue weighted by Gasteiger charge is -2.12. The zero-order valence-electron chi connectivity index (χ0n) is 15.3. The van der Waals surface area contributed by atoms with E-state index < -0.39 is 12.5 Å². The molecule has 7 heteroatoms. The molecule has 1 heterocycles. The van der Waals surface area contributed by atoms with Crippen LogP contribution in [0.3, 0.4) is 0 Å². The average Bonchev–Trinajstić information content (AvgIpc) is 2.67. The molecule has 1 amide bonds. The summed E-state index contributed by atoms with van der Waals surface area (Å²) in [5.41, 5.74) is 2.36. The lowest BCUT2D eigenvalue weighted by Crippen LogP contribution is -2.09. The Morgan fingerprint density at radius 1 is 1.14 bits per heavy atom. The van der Waals surface area contributed by atoms with E-state index in [4.69, 9.17) is 4.74 Å². The summed E-state index contributed by atoms with van der Waals surface area (Å²) in [4.78, 5) is 16.8. The maximum Gasteiger partial charge on any atom is 0.387 e. The molecule has 0 aliphatic heterocycles. The number of alkyl halides is 2. The van der Waals surface area contributed by atoms with Crippen LogP contribution in [-0.4, -0.2) is 24.6 Å². The molecule has 28 heavy (non-hydrogen) atoms. The fourth-order valence-electron chi connectivity index (χ4n) is 2.73. The van der Waals surface area contributed by atoms with Crippen molar-refractivity contribution in [2.75, 3.05) is 12.4 Å². The quantitative estimate of drug-likeness (QED) is 0.620. The molecular weight excluding hydrogens is 366 g/mol. The van der Waals surface area contributed by atoms with E-state index in [0.29, 0.717) is 16.8 Å². The van der Waals surface area contributed by atoms with Gasteiger partial charge in [-0.05, 0) is 31.2 Å². The van der Waals surface area contributed by atoms with E-state index >= 15 is 0 Å². The van der Waals surface area contributed by atoms with Crippen LogP contribution in [0.4, 0.5) is 14.5 Å². The predicted molar refractivity (Wildman–Crippen MR) is 104 cm³/mol. The van der Waals surface area contributed by atoms with Crippen LogP contribution in [0.25, 0.3) is 17.0 Å². The molecule has 0 unspecified atom stereocenters. The van der Waals surface area contributed by atoms with E-state index in [-0.39, 0.29) is 11.5 Å². The maximum atomic E-state index is 12.7. The number of rotatable bonds is 6. The molecule has 0 atom stereocenters. The largest absolute Gasteiger partial charge is 0.493 e. The van der Waals surface area contributed by atoms with E-state index in [1.807, 2.05) is 31.2 Å². The summed E-state index contributed by atoms with van der Waals surface area (Å²) in [5.74, 6) is -0.412. The number of pyridine rings is 1. The fourth-order valence-corrected chi connectivity index (χ4v) is 2.73. The lowest BCUT2D eigenvalue weighted by atomic mass is 10.1. The normalized spacial score (nSPS) is 11.2.